The van der Waals surface area contributed by atoms with Crippen LogP contribution in [0.25, 0.3) is 10.9 Å². The number of rotatable bonds is 8. The Labute approximate surface area is 191 Å². The summed E-state index contributed by atoms with van der Waals surface area (Å²) in [5, 5.41) is 0.803. The first-order valence-corrected chi connectivity index (χ1v) is 10.9. The molecule has 0 saturated heterocycles. The van der Waals surface area contributed by atoms with Gasteiger partial charge in [-0.15, -0.1) is 0 Å². The van der Waals surface area contributed by atoms with E-state index in [0.29, 0.717) is 36.4 Å². The second-order valence-corrected chi connectivity index (χ2v) is 7.75. The Hall–Kier alpha value is -3.93. The Balaban J connectivity index is 1.67. The maximum atomic E-state index is 14.4. The quantitative estimate of drug-likeness (QED) is 0.418. The summed E-state index contributed by atoms with van der Waals surface area (Å²) < 4.78 is 19.9. The van der Waals surface area contributed by atoms with Crippen LogP contribution in [0.2, 0.25) is 0 Å². The Morgan fingerprint density at radius 2 is 1.76 bits per heavy atom. The highest BCUT2D eigenvalue weighted by Crippen LogP contribution is 2.20. The molecule has 0 radical (unpaired) electrons. The fraction of sp³-hybridized carbons (Fsp3) is 0.185. The van der Waals surface area contributed by atoms with Gasteiger partial charge in [0.1, 0.15) is 11.6 Å². The largest absolute Gasteiger partial charge is 0.494 e. The minimum absolute atomic E-state index is 0.0126. The second kappa shape index (κ2) is 10.1. The lowest BCUT2D eigenvalue weighted by molar-refractivity contribution is 0.0740. The number of carbonyl (C=O) groups is 1. The van der Waals surface area contributed by atoms with Crippen molar-refractivity contribution in [3.63, 3.8) is 0 Å². The van der Waals surface area contributed by atoms with Crippen molar-refractivity contribution in [3.8, 4) is 5.75 Å². The monoisotopic (exact) mass is 444 g/mol. The topological polar surface area (TPSA) is 62.4 Å². The molecule has 0 aliphatic carbocycles. The molecule has 1 aromatic heterocycles. The van der Waals surface area contributed by atoms with E-state index in [1.165, 1.54) is 17.0 Å². The number of halogens is 1. The summed E-state index contributed by atoms with van der Waals surface area (Å²) in [5.74, 6) is -0.334. The molecule has 4 rings (SSSR count). The van der Waals surface area contributed by atoms with Gasteiger partial charge >= 0.3 is 0 Å². The van der Waals surface area contributed by atoms with Gasteiger partial charge in [-0.2, -0.15) is 0 Å². The molecular formula is C27H25FN2O3. The van der Waals surface area contributed by atoms with Gasteiger partial charge < -0.3 is 14.6 Å². The molecule has 168 valence electrons. The standard InChI is InChI=1S/C27H25FN2O3/c1-2-33-22-12-13-25-20(17-22)16-21(26(31)29-25)18-30(15-14-19-8-4-3-5-9-19)27(32)23-10-6-7-11-24(23)28/h3-13,16-17H,2,14-15,18H2,1H3,(H,29,31). The Morgan fingerprint density at radius 1 is 1.00 bits per heavy atom. The summed E-state index contributed by atoms with van der Waals surface area (Å²) in [6, 6.07) is 22.9. The first kappa shape index (κ1) is 22.3. The van der Waals surface area contributed by atoms with Crippen LogP contribution in [0.1, 0.15) is 28.4 Å². The van der Waals surface area contributed by atoms with Gasteiger partial charge in [0.05, 0.1) is 18.7 Å². The van der Waals surface area contributed by atoms with Crippen LogP contribution in [0.3, 0.4) is 0 Å². The van der Waals surface area contributed by atoms with Gasteiger partial charge in [-0.25, -0.2) is 4.39 Å². The van der Waals surface area contributed by atoms with Crippen LogP contribution < -0.4 is 10.3 Å². The zero-order valence-corrected chi connectivity index (χ0v) is 18.4. The first-order chi connectivity index (χ1) is 16.0. The van der Waals surface area contributed by atoms with Crippen LogP contribution in [0, 0.1) is 5.82 Å². The Bertz CT molecular complexity index is 1320. The van der Waals surface area contributed by atoms with Crippen molar-refractivity contribution in [2.75, 3.05) is 13.2 Å². The molecule has 0 bridgehead atoms. The summed E-state index contributed by atoms with van der Waals surface area (Å²) >= 11 is 0. The minimum Gasteiger partial charge on any atom is -0.494 e. The molecule has 0 unspecified atom stereocenters. The van der Waals surface area contributed by atoms with E-state index in [1.807, 2.05) is 43.3 Å². The number of aromatic amines is 1. The highest BCUT2D eigenvalue weighted by Gasteiger charge is 2.20. The zero-order chi connectivity index (χ0) is 23.2. The lowest BCUT2D eigenvalue weighted by Gasteiger charge is -2.23. The van der Waals surface area contributed by atoms with Crippen molar-refractivity contribution in [1.82, 2.24) is 9.88 Å². The van der Waals surface area contributed by atoms with Crippen molar-refractivity contribution in [2.24, 2.45) is 0 Å². The van der Waals surface area contributed by atoms with Crippen LogP contribution in [0.5, 0.6) is 5.75 Å². The SMILES string of the molecule is CCOc1ccc2[nH]c(=O)c(CN(CCc3ccccc3)C(=O)c3ccccc3F)cc2c1. The maximum Gasteiger partial charge on any atom is 0.257 e. The molecule has 1 N–H and O–H groups in total. The molecule has 0 saturated carbocycles. The number of aromatic nitrogens is 1. The first-order valence-electron chi connectivity index (χ1n) is 10.9. The van der Waals surface area contributed by atoms with Crippen molar-refractivity contribution < 1.29 is 13.9 Å². The molecule has 1 heterocycles. The summed E-state index contributed by atoms with van der Waals surface area (Å²) in [5.41, 5.74) is 1.87. The van der Waals surface area contributed by atoms with E-state index in [2.05, 4.69) is 4.98 Å². The van der Waals surface area contributed by atoms with Gasteiger partial charge in [0.15, 0.2) is 0 Å². The molecular weight excluding hydrogens is 419 g/mol. The summed E-state index contributed by atoms with van der Waals surface area (Å²) in [6.45, 7) is 2.84. The molecule has 0 spiro atoms. The summed E-state index contributed by atoms with van der Waals surface area (Å²) in [4.78, 5) is 30.4. The third-order valence-corrected chi connectivity index (χ3v) is 5.47. The maximum absolute atomic E-state index is 14.4. The Morgan fingerprint density at radius 3 is 2.52 bits per heavy atom. The van der Waals surface area contributed by atoms with Gasteiger partial charge in [-0.05, 0) is 55.3 Å². The summed E-state index contributed by atoms with van der Waals surface area (Å²) in [6.07, 6.45) is 0.584. The van der Waals surface area contributed by atoms with Crippen molar-refractivity contribution in [3.05, 3.63) is 112 Å². The molecule has 0 fully saturated rings. The van der Waals surface area contributed by atoms with Crippen LogP contribution in [0.4, 0.5) is 4.39 Å². The van der Waals surface area contributed by atoms with Crippen molar-refractivity contribution in [2.45, 2.75) is 19.9 Å². The average molecular weight is 445 g/mol. The van der Waals surface area contributed by atoms with E-state index < -0.39 is 11.7 Å². The number of nitrogens with zero attached hydrogens (tertiary/aromatic N) is 1. The van der Waals surface area contributed by atoms with Crippen LogP contribution in [-0.2, 0) is 13.0 Å². The second-order valence-electron chi connectivity index (χ2n) is 7.75. The molecule has 5 nitrogen and oxygen atoms in total. The molecule has 6 heteroatoms. The highest BCUT2D eigenvalue weighted by atomic mass is 19.1. The predicted molar refractivity (Wildman–Crippen MR) is 127 cm³/mol. The van der Waals surface area contributed by atoms with Crippen molar-refractivity contribution in [1.29, 1.82) is 0 Å². The summed E-state index contributed by atoms with van der Waals surface area (Å²) in [7, 11) is 0. The Kier molecular flexibility index (Phi) is 6.83. The van der Waals surface area contributed by atoms with Gasteiger partial charge in [0.25, 0.3) is 11.5 Å². The molecule has 1 amide bonds. The molecule has 0 atom stereocenters. The molecule has 33 heavy (non-hydrogen) atoms. The van der Waals surface area contributed by atoms with E-state index in [1.54, 1.807) is 30.3 Å². The average Bonchev–Trinajstić information content (AvgIpc) is 2.83. The van der Waals surface area contributed by atoms with E-state index >= 15 is 0 Å². The van der Waals surface area contributed by atoms with Crippen LogP contribution in [0.15, 0.2) is 83.7 Å². The number of hydrogen-bond acceptors (Lipinski definition) is 3. The number of hydrogen-bond donors (Lipinski definition) is 1. The van der Waals surface area contributed by atoms with Gasteiger partial charge in [0.2, 0.25) is 0 Å². The third-order valence-electron chi connectivity index (χ3n) is 5.47. The number of ether oxygens (including phenoxy) is 1. The number of nitrogens with one attached hydrogen (secondary N) is 1. The molecule has 4 aromatic rings. The van der Waals surface area contributed by atoms with Gasteiger partial charge in [0, 0.05) is 23.0 Å². The van der Waals surface area contributed by atoms with E-state index in [0.717, 1.165) is 10.9 Å². The number of amides is 1. The van der Waals surface area contributed by atoms with Crippen LogP contribution >= 0.6 is 0 Å². The molecule has 0 aliphatic rings. The number of H-pyrrole nitrogens is 1. The van der Waals surface area contributed by atoms with E-state index in [4.69, 9.17) is 4.74 Å². The number of benzene rings is 3. The lowest BCUT2D eigenvalue weighted by atomic mass is 10.1. The van der Waals surface area contributed by atoms with Gasteiger partial charge in [-0.3, -0.25) is 9.59 Å². The fourth-order valence-electron chi connectivity index (χ4n) is 3.78. The smallest absolute Gasteiger partial charge is 0.257 e. The fourth-order valence-corrected chi connectivity index (χ4v) is 3.78. The number of carbonyl (C=O) groups excluding carboxylic acids is 1. The molecule has 0 aliphatic heterocycles. The normalized spacial score (nSPS) is 10.8. The predicted octanol–water partition coefficient (Wildman–Crippen LogP) is 4.95. The van der Waals surface area contributed by atoms with Crippen LogP contribution in [-0.4, -0.2) is 28.9 Å². The zero-order valence-electron chi connectivity index (χ0n) is 18.4. The van der Waals surface area contributed by atoms with E-state index in [-0.39, 0.29) is 17.7 Å². The van der Waals surface area contributed by atoms with Gasteiger partial charge in [-0.1, -0.05) is 42.5 Å². The molecule has 3 aromatic carbocycles. The third kappa shape index (κ3) is 5.29. The lowest BCUT2D eigenvalue weighted by Crippen LogP contribution is -2.35. The highest BCUT2D eigenvalue weighted by molar-refractivity contribution is 5.94. The van der Waals surface area contributed by atoms with Crippen molar-refractivity contribution >= 4 is 16.8 Å². The van der Waals surface area contributed by atoms with E-state index in [9.17, 15) is 14.0 Å². The number of fused-ring (bicyclic) bond motifs is 1. The minimum atomic E-state index is -0.582. The number of pyridine rings is 1.